The molecule has 25 heavy (non-hydrogen) atoms. The summed E-state index contributed by atoms with van der Waals surface area (Å²) in [5.74, 6) is 0.161. The number of hydrogen-bond acceptors (Lipinski definition) is 7. The van der Waals surface area contributed by atoms with Crippen LogP contribution in [0.25, 0.3) is 21.3 Å². The van der Waals surface area contributed by atoms with Gasteiger partial charge in [-0.3, -0.25) is 14.7 Å². The molecule has 0 aliphatic carbocycles. The van der Waals surface area contributed by atoms with Gasteiger partial charge in [-0.05, 0) is 23.8 Å². The maximum atomic E-state index is 12.3. The fraction of sp³-hybridized carbons (Fsp3) is 0.333. The standard InChI is InChI=1S/C18H18N4O2S/c23-16(11-22-3-5-24-6-4-22)9-15-8-14-7-13(18-10-19-12-25-18)1-2-17(14)21-20-15/h1-2,7-8,10,12H,3-6,9,11H2. The normalized spacial score (nSPS) is 15.5. The van der Waals surface area contributed by atoms with Crippen molar-refractivity contribution >= 4 is 28.0 Å². The fourth-order valence-electron chi connectivity index (χ4n) is 2.95. The Morgan fingerprint density at radius 2 is 2.08 bits per heavy atom. The number of carbonyl (C=O) groups is 1. The van der Waals surface area contributed by atoms with E-state index < -0.39 is 0 Å². The lowest BCUT2D eigenvalue weighted by atomic mass is 10.1. The Morgan fingerprint density at radius 1 is 1.20 bits per heavy atom. The number of aromatic nitrogens is 3. The van der Waals surface area contributed by atoms with E-state index in [1.807, 2.05) is 29.9 Å². The summed E-state index contributed by atoms with van der Waals surface area (Å²) in [4.78, 5) is 19.7. The molecule has 0 N–H and O–H groups in total. The van der Waals surface area contributed by atoms with Crippen LogP contribution in [0.15, 0.2) is 36.0 Å². The number of ketones is 1. The predicted octanol–water partition coefficient (Wildman–Crippen LogP) is 2.20. The molecular weight excluding hydrogens is 336 g/mol. The first-order valence-corrected chi connectivity index (χ1v) is 9.13. The van der Waals surface area contributed by atoms with Gasteiger partial charge in [-0.1, -0.05) is 6.07 Å². The molecular formula is C18H18N4O2S. The summed E-state index contributed by atoms with van der Waals surface area (Å²) in [5, 5.41) is 9.46. The van der Waals surface area contributed by atoms with E-state index >= 15 is 0 Å². The summed E-state index contributed by atoms with van der Waals surface area (Å²) in [5.41, 5.74) is 4.47. The van der Waals surface area contributed by atoms with E-state index in [1.165, 1.54) is 0 Å². The number of Topliss-reactive ketones (excluding diaryl/α,β-unsaturated/α-hetero) is 1. The zero-order valence-electron chi connectivity index (χ0n) is 13.7. The van der Waals surface area contributed by atoms with E-state index in [-0.39, 0.29) is 5.78 Å². The molecule has 2 aromatic heterocycles. The monoisotopic (exact) mass is 354 g/mol. The lowest BCUT2D eigenvalue weighted by molar-refractivity contribution is -0.120. The number of ether oxygens (including phenoxy) is 1. The molecule has 0 amide bonds. The summed E-state index contributed by atoms with van der Waals surface area (Å²) in [6.07, 6.45) is 2.16. The maximum absolute atomic E-state index is 12.3. The molecule has 0 unspecified atom stereocenters. The molecule has 6 nitrogen and oxygen atoms in total. The van der Waals surface area contributed by atoms with Gasteiger partial charge in [0.2, 0.25) is 0 Å². The van der Waals surface area contributed by atoms with Gasteiger partial charge in [0.1, 0.15) is 0 Å². The highest BCUT2D eigenvalue weighted by molar-refractivity contribution is 7.13. The first kappa shape index (κ1) is 16.3. The van der Waals surface area contributed by atoms with E-state index in [9.17, 15) is 4.79 Å². The second-order valence-electron chi connectivity index (χ2n) is 6.08. The minimum absolute atomic E-state index is 0.161. The largest absolute Gasteiger partial charge is 0.379 e. The van der Waals surface area contributed by atoms with Crippen molar-refractivity contribution < 1.29 is 9.53 Å². The highest BCUT2D eigenvalue weighted by Gasteiger charge is 2.15. The molecule has 3 heterocycles. The van der Waals surface area contributed by atoms with Gasteiger partial charge < -0.3 is 4.74 Å². The predicted molar refractivity (Wildman–Crippen MR) is 96.6 cm³/mol. The van der Waals surface area contributed by atoms with Crippen molar-refractivity contribution in [2.75, 3.05) is 32.8 Å². The molecule has 0 saturated carbocycles. The number of fused-ring (bicyclic) bond motifs is 1. The van der Waals surface area contributed by atoms with Gasteiger partial charge in [0.25, 0.3) is 0 Å². The second-order valence-corrected chi connectivity index (χ2v) is 6.97. The van der Waals surface area contributed by atoms with Crippen molar-refractivity contribution in [3.05, 3.63) is 41.7 Å². The van der Waals surface area contributed by atoms with E-state index in [4.69, 9.17) is 4.74 Å². The lowest BCUT2D eigenvalue weighted by Crippen LogP contribution is -2.40. The number of benzene rings is 1. The molecule has 7 heteroatoms. The minimum atomic E-state index is 0.161. The Bertz CT molecular complexity index is 876. The molecule has 1 saturated heterocycles. The van der Waals surface area contributed by atoms with Gasteiger partial charge in [-0.25, -0.2) is 0 Å². The molecule has 0 radical (unpaired) electrons. The molecule has 1 fully saturated rings. The molecule has 1 aromatic carbocycles. The Kier molecular flexibility index (Phi) is 4.78. The lowest BCUT2D eigenvalue weighted by Gasteiger charge is -2.25. The van der Waals surface area contributed by atoms with Gasteiger partial charge in [0.05, 0.1) is 47.8 Å². The van der Waals surface area contributed by atoms with Crippen LogP contribution in [0.4, 0.5) is 0 Å². The molecule has 0 spiro atoms. The first-order chi connectivity index (χ1) is 12.3. The third-order valence-electron chi connectivity index (χ3n) is 4.23. The van der Waals surface area contributed by atoms with Crippen LogP contribution in [-0.2, 0) is 16.0 Å². The van der Waals surface area contributed by atoms with Crippen molar-refractivity contribution in [2.45, 2.75) is 6.42 Å². The fourth-order valence-corrected chi connectivity index (χ4v) is 3.57. The van der Waals surface area contributed by atoms with E-state index in [0.717, 1.165) is 34.4 Å². The van der Waals surface area contributed by atoms with Crippen LogP contribution >= 0.6 is 11.3 Å². The average molecular weight is 354 g/mol. The molecule has 1 aliphatic heterocycles. The van der Waals surface area contributed by atoms with Crippen molar-refractivity contribution in [1.82, 2.24) is 20.1 Å². The van der Waals surface area contributed by atoms with Crippen LogP contribution in [0.1, 0.15) is 5.69 Å². The van der Waals surface area contributed by atoms with Gasteiger partial charge >= 0.3 is 0 Å². The highest BCUT2D eigenvalue weighted by atomic mass is 32.1. The Morgan fingerprint density at radius 3 is 2.88 bits per heavy atom. The summed E-state index contributed by atoms with van der Waals surface area (Å²) in [6, 6.07) is 8.02. The van der Waals surface area contributed by atoms with Crippen LogP contribution in [0, 0.1) is 0 Å². The molecule has 0 atom stereocenters. The van der Waals surface area contributed by atoms with Crippen LogP contribution in [0.3, 0.4) is 0 Å². The maximum Gasteiger partial charge on any atom is 0.152 e. The van der Waals surface area contributed by atoms with E-state index in [1.54, 1.807) is 11.3 Å². The number of thiazole rings is 1. The van der Waals surface area contributed by atoms with Crippen molar-refractivity contribution in [3.63, 3.8) is 0 Å². The van der Waals surface area contributed by atoms with Crippen molar-refractivity contribution in [3.8, 4) is 10.4 Å². The quantitative estimate of drug-likeness (QED) is 0.700. The third-order valence-corrected chi connectivity index (χ3v) is 5.06. The number of morpholine rings is 1. The summed E-state index contributed by atoms with van der Waals surface area (Å²) >= 11 is 1.60. The smallest absolute Gasteiger partial charge is 0.152 e. The SMILES string of the molecule is O=C(Cc1cc2cc(-c3cncs3)ccc2nn1)CN1CCOCC1. The van der Waals surface area contributed by atoms with Gasteiger partial charge in [-0.15, -0.1) is 11.3 Å². The topological polar surface area (TPSA) is 68.2 Å². The van der Waals surface area contributed by atoms with Gasteiger partial charge in [0.15, 0.2) is 5.78 Å². The third kappa shape index (κ3) is 3.89. The highest BCUT2D eigenvalue weighted by Crippen LogP contribution is 2.26. The van der Waals surface area contributed by atoms with Crippen LogP contribution in [0.2, 0.25) is 0 Å². The van der Waals surface area contributed by atoms with E-state index in [2.05, 4.69) is 26.1 Å². The summed E-state index contributed by atoms with van der Waals surface area (Å²) < 4.78 is 5.31. The van der Waals surface area contributed by atoms with E-state index in [0.29, 0.717) is 31.9 Å². The minimum Gasteiger partial charge on any atom is -0.379 e. The number of carbonyl (C=O) groups excluding carboxylic acids is 1. The zero-order chi connectivity index (χ0) is 17.1. The van der Waals surface area contributed by atoms with Crippen LogP contribution in [0.5, 0.6) is 0 Å². The van der Waals surface area contributed by atoms with Crippen molar-refractivity contribution in [1.29, 1.82) is 0 Å². The number of nitrogens with zero attached hydrogens (tertiary/aromatic N) is 4. The molecule has 3 aromatic rings. The summed E-state index contributed by atoms with van der Waals surface area (Å²) in [6.45, 7) is 3.47. The Hall–Kier alpha value is -2.22. The Labute approximate surface area is 149 Å². The summed E-state index contributed by atoms with van der Waals surface area (Å²) in [7, 11) is 0. The van der Waals surface area contributed by atoms with Crippen LogP contribution in [-0.4, -0.2) is 58.7 Å². The average Bonchev–Trinajstić information content (AvgIpc) is 3.16. The molecule has 128 valence electrons. The van der Waals surface area contributed by atoms with Gasteiger partial charge in [0, 0.05) is 24.7 Å². The molecule has 1 aliphatic rings. The molecule has 4 rings (SSSR count). The second kappa shape index (κ2) is 7.35. The van der Waals surface area contributed by atoms with Gasteiger partial charge in [-0.2, -0.15) is 10.2 Å². The molecule has 0 bridgehead atoms. The van der Waals surface area contributed by atoms with Crippen LogP contribution < -0.4 is 0 Å². The van der Waals surface area contributed by atoms with Crippen molar-refractivity contribution in [2.24, 2.45) is 0 Å². The number of rotatable bonds is 5. The first-order valence-electron chi connectivity index (χ1n) is 8.25. The zero-order valence-corrected chi connectivity index (χ0v) is 14.5. The Balaban J connectivity index is 1.50. The number of hydrogen-bond donors (Lipinski definition) is 0.